The molecule has 0 radical (unpaired) electrons. The van der Waals surface area contributed by atoms with Crippen LogP contribution in [0.2, 0.25) is 5.02 Å². The number of ether oxygens (including phenoxy) is 2. The summed E-state index contributed by atoms with van der Waals surface area (Å²) in [4.78, 5) is 10.1. The van der Waals surface area contributed by atoms with Crippen molar-refractivity contribution in [1.82, 2.24) is 0 Å². The molecule has 8 nitrogen and oxygen atoms in total. The summed E-state index contributed by atoms with van der Waals surface area (Å²) in [5, 5.41) is 11.1. The highest BCUT2D eigenvalue weighted by molar-refractivity contribution is 7.92. The topological polar surface area (TPSA) is 108 Å². The monoisotopic (exact) mass is 386 g/mol. The Morgan fingerprint density at radius 3 is 2.40 bits per heavy atom. The Balaban J connectivity index is 2.49. The molecule has 0 unspecified atom stereocenters. The van der Waals surface area contributed by atoms with Gasteiger partial charge in [-0.15, -0.1) is 0 Å². The van der Waals surface area contributed by atoms with Crippen molar-refractivity contribution in [2.45, 2.75) is 11.8 Å². The molecule has 1 N–H and O–H groups in total. The number of nitro groups is 1. The highest BCUT2D eigenvalue weighted by Crippen LogP contribution is 2.33. The first-order chi connectivity index (χ1) is 11.7. The second-order valence-corrected chi connectivity index (χ2v) is 7.07. The number of hydrogen-bond acceptors (Lipinski definition) is 6. The number of nitro benzene ring substituents is 1. The fourth-order valence-corrected chi connectivity index (χ4v) is 3.47. The fraction of sp³-hybridized carbons (Fsp3) is 0.200. The number of methoxy groups -OCH3 is 2. The average Bonchev–Trinajstić information content (AvgIpc) is 2.56. The Morgan fingerprint density at radius 1 is 1.16 bits per heavy atom. The molecule has 2 aromatic carbocycles. The zero-order chi connectivity index (χ0) is 18.8. The van der Waals surface area contributed by atoms with Crippen LogP contribution in [-0.2, 0) is 10.0 Å². The van der Waals surface area contributed by atoms with Crippen LogP contribution in [0.3, 0.4) is 0 Å². The van der Waals surface area contributed by atoms with Crippen molar-refractivity contribution in [3.8, 4) is 11.5 Å². The van der Waals surface area contributed by atoms with Crippen LogP contribution in [0.15, 0.2) is 35.2 Å². The Bertz CT molecular complexity index is 930. The van der Waals surface area contributed by atoms with Crippen molar-refractivity contribution >= 4 is 33.0 Å². The second-order valence-electron chi connectivity index (χ2n) is 4.98. The maximum atomic E-state index is 12.6. The standard InChI is InChI=1S/C15H15ClN2O6S/c1-9-12(16)7-11(8-14(9)18(19)20)25(21,22)17-13-5-4-10(23-2)6-15(13)24-3/h4-8,17H,1-3H3. The molecular weight excluding hydrogens is 372 g/mol. The number of sulfonamides is 1. The molecule has 0 atom stereocenters. The third-order valence-corrected chi connectivity index (χ3v) is 5.19. The minimum Gasteiger partial charge on any atom is -0.497 e. The minimum atomic E-state index is -4.12. The normalized spacial score (nSPS) is 11.0. The molecule has 134 valence electrons. The van der Waals surface area contributed by atoms with Crippen LogP contribution in [0.25, 0.3) is 0 Å². The van der Waals surface area contributed by atoms with Crippen molar-refractivity contribution in [3.05, 3.63) is 51.0 Å². The molecule has 0 saturated heterocycles. The minimum absolute atomic E-state index is 0.0173. The third-order valence-electron chi connectivity index (χ3n) is 3.45. The Labute approximate surface area is 149 Å². The molecule has 0 spiro atoms. The summed E-state index contributed by atoms with van der Waals surface area (Å²) in [5.74, 6) is 0.712. The first-order valence-corrected chi connectivity index (χ1v) is 8.75. The SMILES string of the molecule is COc1ccc(NS(=O)(=O)c2cc(Cl)c(C)c([N+](=O)[O-])c2)c(OC)c1. The molecule has 0 bridgehead atoms. The van der Waals surface area contributed by atoms with Crippen LogP contribution < -0.4 is 14.2 Å². The Hall–Kier alpha value is -2.52. The summed E-state index contributed by atoms with van der Waals surface area (Å²) >= 11 is 5.93. The van der Waals surface area contributed by atoms with Gasteiger partial charge in [-0.05, 0) is 25.1 Å². The van der Waals surface area contributed by atoms with Crippen molar-refractivity contribution in [3.63, 3.8) is 0 Å². The van der Waals surface area contributed by atoms with Crippen molar-refractivity contribution in [2.24, 2.45) is 0 Å². The molecule has 0 aliphatic rings. The lowest BCUT2D eigenvalue weighted by Crippen LogP contribution is -2.14. The van der Waals surface area contributed by atoms with Gasteiger partial charge in [0.05, 0.1) is 34.7 Å². The van der Waals surface area contributed by atoms with E-state index in [9.17, 15) is 18.5 Å². The van der Waals surface area contributed by atoms with Gasteiger partial charge in [0, 0.05) is 17.7 Å². The maximum Gasteiger partial charge on any atom is 0.275 e. The van der Waals surface area contributed by atoms with Crippen LogP contribution in [0.5, 0.6) is 11.5 Å². The molecule has 0 amide bonds. The van der Waals surface area contributed by atoms with E-state index in [2.05, 4.69) is 4.72 Å². The number of rotatable bonds is 6. The van der Waals surface area contributed by atoms with E-state index in [1.54, 1.807) is 6.07 Å². The van der Waals surface area contributed by atoms with E-state index >= 15 is 0 Å². The molecular formula is C15H15ClN2O6S. The van der Waals surface area contributed by atoms with Gasteiger partial charge >= 0.3 is 0 Å². The number of benzene rings is 2. The number of nitrogens with zero attached hydrogens (tertiary/aromatic N) is 1. The molecule has 0 aliphatic heterocycles. The Morgan fingerprint density at radius 2 is 1.84 bits per heavy atom. The average molecular weight is 387 g/mol. The zero-order valence-electron chi connectivity index (χ0n) is 13.6. The van der Waals surface area contributed by atoms with Gasteiger partial charge in [-0.25, -0.2) is 8.42 Å². The van der Waals surface area contributed by atoms with Crippen LogP contribution in [0.1, 0.15) is 5.56 Å². The van der Waals surface area contributed by atoms with E-state index in [4.69, 9.17) is 21.1 Å². The molecule has 0 aliphatic carbocycles. The molecule has 0 fully saturated rings. The van der Waals surface area contributed by atoms with Gasteiger partial charge in [-0.1, -0.05) is 11.6 Å². The van der Waals surface area contributed by atoms with Crippen LogP contribution in [0, 0.1) is 17.0 Å². The maximum absolute atomic E-state index is 12.6. The van der Waals surface area contributed by atoms with E-state index < -0.39 is 14.9 Å². The van der Waals surface area contributed by atoms with Gasteiger partial charge < -0.3 is 9.47 Å². The summed E-state index contributed by atoms with van der Waals surface area (Å²) in [7, 11) is -1.28. The highest BCUT2D eigenvalue weighted by atomic mass is 35.5. The summed E-state index contributed by atoms with van der Waals surface area (Å²) in [6.45, 7) is 1.44. The fourth-order valence-electron chi connectivity index (χ4n) is 2.07. The molecule has 0 heterocycles. The largest absolute Gasteiger partial charge is 0.497 e. The predicted molar refractivity (Wildman–Crippen MR) is 93.2 cm³/mol. The smallest absolute Gasteiger partial charge is 0.275 e. The van der Waals surface area contributed by atoms with Crippen LogP contribution in [0.4, 0.5) is 11.4 Å². The van der Waals surface area contributed by atoms with E-state index in [0.717, 1.165) is 12.1 Å². The van der Waals surface area contributed by atoms with Crippen LogP contribution in [-0.4, -0.2) is 27.6 Å². The highest BCUT2D eigenvalue weighted by Gasteiger charge is 2.23. The second kappa shape index (κ2) is 7.16. The summed E-state index contributed by atoms with van der Waals surface area (Å²) in [6, 6.07) is 6.62. The van der Waals surface area contributed by atoms with Gasteiger partial charge in [0.15, 0.2) is 0 Å². The summed E-state index contributed by atoms with van der Waals surface area (Å²) in [5.41, 5.74) is -0.0372. The van der Waals surface area contributed by atoms with E-state index in [-0.39, 0.29) is 32.6 Å². The molecule has 2 aromatic rings. The van der Waals surface area contributed by atoms with Crippen molar-refractivity contribution in [1.29, 1.82) is 0 Å². The first-order valence-electron chi connectivity index (χ1n) is 6.89. The molecule has 0 aromatic heterocycles. The van der Waals surface area contributed by atoms with E-state index in [1.165, 1.54) is 33.3 Å². The number of halogens is 1. The Kier molecular flexibility index (Phi) is 5.39. The number of nitrogens with one attached hydrogen (secondary N) is 1. The predicted octanol–water partition coefficient (Wildman–Crippen LogP) is 3.37. The van der Waals surface area contributed by atoms with Crippen molar-refractivity contribution in [2.75, 3.05) is 18.9 Å². The lowest BCUT2D eigenvalue weighted by molar-refractivity contribution is -0.385. The van der Waals surface area contributed by atoms with Gasteiger partial charge in [0.25, 0.3) is 15.7 Å². The number of hydrogen-bond donors (Lipinski definition) is 1. The summed E-state index contributed by atoms with van der Waals surface area (Å²) in [6.07, 6.45) is 0. The molecule has 2 rings (SSSR count). The quantitative estimate of drug-likeness (QED) is 0.602. The lowest BCUT2D eigenvalue weighted by Gasteiger charge is -2.13. The molecule has 25 heavy (non-hydrogen) atoms. The zero-order valence-corrected chi connectivity index (χ0v) is 15.1. The third kappa shape index (κ3) is 3.94. The van der Waals surface area contributed by atoms with E-state index in [1.807, 2.05) is 0 Å². The number of anilines is 1. The summed E-state index contributed by atoms with van der Waals surface area (Å²) < 4.78 is 37.7. The van der Waals surface area contributed by atoms with Gasteiger partial charge in [0.1, 0.15) is 11.5 Å². The van der Waals surface area contributed by atoms with Crippen LogP contribution >= 0.6 is 11.6 Å². The van der Waals surface area contributed by atoms with E-state index in [0.29, 0.717) is 5.75 Å². The van der Waals surface area contributed by atoms with Gasteiger partial charge in [-0.3, -0.25) is 14.8 Å². The van der Waals surface area contributed by atoms with Gasteiger partial charge in [0.2, 0.25) is 0 Å². The van der Waals surface area contributed by atoms with Gasteiger partial charge in [-0.2, -0.15) is 0 Å². The van der Waals surface area contributed by atoms with Crippen molar-refractivity contribution < 1.29 is 22.8 Å². The molecule has 0 saturated carbocycles. The molecule has 10 heteroatoms. The lowest BCUT2D eigenvalue weighted by atomic mass is 10.2. The first kappa shape index (κ1) is 18.8.